The number of aliphatic hydroxyl groups excluding tert-OH is 1. The fraction of sp³-hybridized carbons (Fsp3) is 0.533. The maximum atomic E-state index is 11.3. The molecule has 1 fully saturated rings. The first-order chi connectivity index (χ1) is 9.16. The molecule has 3 rings (SSSR count). The van der Waals surface area contributed by atoms with E-state index in [4.69, 9.17) is 0 Å². The molecule has 1 aromatic heterocycles. The summed E-state index contributed by atoms with van der Waals surface area (Å²) in [6.07, 6.45) is -0.544. The summed E-state index contributed by atoms with van der Waals surface area (Å²) in [6.45, 7) is 8.74. The first kappa shape index (κ1) is 13.9. The minimum atomic E-state index is -0.544. The van der Waals surface area contributed by atoms with Crippen LogP contribution in [-0.2, 0) is 0 Å². The third-order valence-corrected chi connectivity index (χ3v) is 6.09. The number of aliphatic hydroxyl groups is 1. The van der Waals surface area contributed by atoms with Crippen molar-refractivity contribution in [2.24, 2.45) is 16.7 Å². The molecule has 1 heterocycles. The van der Waals surface area contributed by atoms with Gasteiger partial charge in [0.1, 0.15) is 0 Å². The Morgan fingerprint density at radius 2 is 1.65 bits per heavy atom. The van der Waals surface area contributed by atoms with E-state index >= 15 is 0 Å². The van der Waals surface area contributed by atoms with Crippen LogP contribution in [0.4, 0.5) is 0 Å². The molecule has 4 nitrogen and oxygen atoms in total. The standard InChI is InChI=1S/C15H19BrN2O2/c1-14(2)12(15(14,3)4)11(19)7-5-9-10(6-8(7)16)18-13(20)17-9/h5-6,11-12,19H,1-4H3,(H2,17,18,20). The van der Waals surface area contributed by atoms with Crippen LogP contribution in [0.1, 0.15) is 39.4 Å². The SMILES string of the molecule is CC1(C)C(C(O)c2cc3[nH]c(=O)[nH]c3cc2Br)C1(C)C. The highest BCUT2D eigenvalue weighted by atomic mass is 79.9. The molecule has 0 aliphatic heterocycles. The number of fused-ring (bicyclic) bond motifs is 1. The highest BCUT2D eigenvalue weighted by molar-refractivity contribution is 9.10. The van der Waals surface area contributed by atoms with Gasteiger partial charge in [0.25, 0.3) is 0 Å². The molecule has 1 saturated carbocycles. The maximum Gasteiger partial charge on any atom is 0.323 e. The summed E-state index contributed by atoms with van der Waals surface area (Å²) in [4.78, 5) is 16.8. The van der Waals surface area contributed by atoms with Crippen molar-refractivity contribution in [3.05, 3.63) is 32.7 Å². The first-order valence-corrected chi connectivity index (χ1v) is 7.55. The first-order valence-electron chi connectivity index (χ1n) is 6.76. The van der Waals surface area contributed by atoms with Crippen LogP contribution in [0.15, 0.2) is 21.4 Å². The number of hydrogen-bond donors (Lipinski definition) is 3. The van der Waals surface area contributed by atoms with Gasteiger partial charge in [-0.3, -0.25) is 0 Å². The second kappa shape index (κ2) is 3.98. The molecular formula is C15H19BrN2O2. The van der Waals surface area contributed by atoms with E-state index in [0.717, 1.165) is 21.1 Å². The smallest absolute Gasteiger partial charge is 0.323 e. The summed E-state index contributed by atoms with van der Waals surface area (Å²) in [5.74, 6) is 0.203. The molecule has 0 bridgehead atoms. The van der Waals surface area contributed by atoms with Gasteiger partial charge in [-0.25, -0.2) is 4.79 Å². The van der Waals surface area contributed by atoms with E-state index in [1.165, 1.54) is 0 Å². The topological polar surface area (TPSA) is 68.9 Å². The third-order valence-electron chi connectivity index (χ3n) is 5.40. The van der Waals surface area contributed by atoms with Crippen molar-refractivity contribution in [2.45, 2.75) is 33.8 Å². The fourth-order valence-corrected chi connectivity index (χ4v) is 4.09. The average molecular weight is 339 g/mol. The Kier molecular flexibility index (Phi) is 2.77. The molecule has 1 atom stereocenters. The molecule has 5 heteroatoms. The molecule has 108 valence electrons. The zero-order chi connectivity index (χ0) is 14.9. The van der Waals surface area contributed by atoms with Gasteiger partial charge >= 0.3 is 5.69 Å². The van der Waals surface area contributed by atoms with Gasteiger partial charge in [-0.15, -0.1) is 0 Å². The van der Waals surface area contributed by atoms with E-state index in [1.807, 2.05) is 12.1 Å². The predicted octanol–water partition coefficient (Wildman–Crippen LogP) is 3.33. The lowest BCUT2D eigenvalue weighted by atomic mass is 9.99. The molecule has 1 aliphatic rings. The van der Waals surface area contributed by atoms with Gasteiger partial charge in [-0.05, 0) is 28.5 Å². The largest absolute Gasteiger partial charge is 0.388 e. The number of aromatic nitrogens is 2. The number of hydrogen-bond acceptors (Lipinski definition) is 2. The molecule has 2 aromatic rings. The molecule has 0 spiro atoms. The molecule has 20 heavy (non-hydrogen) atoms. The van der Waals surface area contributed by atoms with Crippen molar-refractivity contribution in [1.29, 1.82) is 0 Å². The van der Waals surface area contributed by atoms with Crippen molar-refractivity contribution < 1.29 is 5.11 Å². The Hall–Kier alpha value is -1.07. The van der Waals surface area contributed by atoms with Gasteiger partial charge in [-0.1, -0.05) is 43.6 Å². The van der Waals surface area contributed by atoms with Gasteiger partial charge in [0.15, 0.2) is 0 Å². The van der Waals surface area contributed by atoms with E-state index in [0.29, 0.717) is 0 Å². The van der Waals surface area contributed by atoms with Crippen molar-refractivity contribution in [3.8, 4) is 0 Å². The van der Waals surface area contributed by atoms with Crippen LogP contribution >= 0.6 is 15.9 Å². The summed E-state index contributed by atoms with van der Waals surface area (Å²) in [5, 5.41) is 10.7. The van der Waals surface area contributed by atoms with E-state index in [1.54, 1.807) is 0 Å². The highest BCUT2D eigenvalue weighted by Gasteiger charge is 2.67. The quantitative estimate of drug-likeness (QED) is 0.785. The number of H-pyrrole nitrogens is 2. The van der Waals surface area contributed by atoms with Crippen LogP contribution in [0.25, 0.3) is 11.0 Å². The van der Waals surface area contributed by atoms with Gasteiger partial charge < -0.3 is 15.1 Å². The van der Waals surface area contributed by atoms with Crippen LogP contribution < -0.4 is 5.69 Å². The maximum absolute atomic E-state index is 11.3. The molecule has 0 radical (unpaired) electrons. The van der Waals surface area contributed by atoms with Crippen LogP contribution in [0.5, 0.6) is 0 Å². The number of halogens is 1. The Labute approximate surface area is 125 Å². The normalized spacial score (nSPS) is 22.1. The third kappa shape index (κ3) is 1.72. The number of benzene rings is 1. The van der Waals surface area contributed by atoms with Crippen LogP contribution in [-0.4, -0.2) is 15.1 Å². The molecule has 0 saturated heterocycles. The minimum Gasteiger partial charge on any atom is -0.388 e. The zero-order valence-electron chi connectivity index (χ0n) is 12.0. The highest BCUT2D eigenvalue weighted by Crippen LogP contribution is 2.72. The Bertz CT molecular complexity index is 728. The van der Waals surface area contributed by atoms with Gasteiger partial charge in [0.05, 0.1) is 17.1 Å². The average Bonchev–Trinajstić information content (AvgIpc) is 2.60. The number of nitrogens with one attached hydrogen (secondary N) is 2. The number of aromatic amines is 2. The fourth-order valence-electron chi connectivity index (χ4n) is 3.52. The Balaban J connectivity index is 2.06. The molecule has 0 amide bonds. The van der Waals surface area contributed by atoms with E-state index in [9.17, 15) is 9.90 Å². The lowest BCUT2D eigenvalue weighted by Gasteiger charge is -2.15. The monoisotopic (exact) mass is 338 g/mol. The van der Waals surface area contributed by atoms with Crippen molar-refractivity contribution in [1.82, 2.24) is 9.97 Å². The van der Waals surface area contributed by atoms with E-state index in [-0.39, 0.29) is 22.4 Å². The summed E-state index contributed by atoms with van der Waals surface area (Å²) in [7, 11) is 0. The van der Waals surface area contributed by atoms with Crippen LogP contribution in [0.2, 0.25) is 0 Å². The molecule has 1 aromatic carbocycles. The molecule has 3 N–H and O–H groups in total. The summed E-state index contributed by atoms with van der Waals surface area (Å²) in [6, 6.07) is 3.70. The van der Waals surface area contributed by atoms with Crippen molar-refractivity contribution in [2.75, 3.05) is 0 Å². The van der Waals surface area contributed by atoms with Crippen LogP contribution in [0, 0.1) is 16.7 Å². The molecular weight excluding hydrogens is 320 g/mol. The van der Waals surface area contributed by atoms with E-state index in [2.05, 4.69) is 53.6 Å². The lowest BCUT2D eigenvalue weighted by molar-refractivity contribution is 0.130. The summed E-state index contributed by atoms with van der Waals surface area (Å²) >= 11 is 3.50. The predicted molar refractivity (Wildman–Crippen MR) is 82.6 cm³/mol. The second-order valence-electron chi connectivity index (χ2n) is 6.86. The van der Waals surface area contributed by atoms with Gasteiger partial charge in [-0.2, -0.15) is 0 Å². The second-order valence-corrected chi connectivity index (χ2v) is 7.72. The van der Waals surface area contributed by atoms with Crippen LogP contribution in [0.3, 0.4) is 0 Å². The lowest BCUT2D eigenvalue weighted by Crippen LogP contribution is -2.06. The van der Waals surface area contributed by atoms with Crippen molar-refractivity contribution >= 4 is 27.0 Å². The molecule has 1 unspecified atom stereocenters. The van der Waals surface area contributed by atoms with Gasteiger partial charge in [0, 0.05) is 10.4 Å². The van der Waals surface area contributed by atoms with E-state index < -0.39 is 6.10 Å². The Morgan fingerprint density at radius 3 is 2.15 bits per heavy atom. The Morgan fingerprint density at radius 1 is 1.15 bits per heavy atom. The summed E-state index contributed by atoms with van der Waals surface area (Å²) in [5.41, 5.74) is 2.27. The van der Waals surface area contributed by atoms with Gasteiger partial charge in [0.2, 0.25) is 0 Å². The van der Waals surface area contributed by atoms with Crippen molar-refractivity contribution in [3.63, 3.8) is 0 Å². The molecule has 1 aliphatic carbocycles. The minimum absolute atomic E-state index is 0.104. The zero-order valence-corrected chi connectivity index (χ0v) is 13.6. The number of imidazole rings is 1. The summed E-state index contributed by atoms with van der Waals surface area (Å²) < 4.78 is 0.825. The number of rotatable bonds is 2.